The van der Waals surface area contributed by atoms with Crippen LogP contribution in [0.4, 0.5) is 10.1 Å². The molecule has 0 atom stereocenters. The fraction of sp³-hybridized carbons (Fsp3) is 0. The third kappa shape index (κ3) is 2.19. The van der Waals surface area contributed by atoms with Crippen molar-refractivity contribution in [1.29, 1.82) is 0 Å². The van der Waals surface area contributed by atoms with Gasteiger partial charge in [0.2, 0.25) is 5.16 Å². The topological polar surface area (TPSA) is 74.8 Å². The summed E-state index contributed by atoms with van der Waals surface area (Å²) in [4.78, 5) is 6.06. The number of hydrogen-bond donors (Lipinski definition) is 2. The molecular formula is C9H8FN3O2S. The molecule has 84 valence electrons. The average Bonchev–Trinajstić information content (AvgIpc) is 2.69. The molecule has 0 spiro atoms. The first-order valence-corrected chi connectivity index (χ1v) is 5.84. The first kappa shape index (κ1) is 10.6. The Morgan fingerprint density at radius 2 is 2.19 bits per heavy atom. The van der Waals surface area contributed by atoms with Crippen molar-refractivity contribution in [1.82, 2.24) is 9.97 Å². The Balaban J connectivity index is 2.29. The summed E-state index contributed by atoms with van der Waals surface area (Å²) in [5.41, 5.74) is 0.149. The van der Waals surface area contributed by atoms with Crippen LogP contribution < -0.4 is 4.72 Å². The summed E-state index contributed by atoms with van der Waals surface area (Å²) < 4.78 is 38.3. The van der Waals surface area contributed by atoms with E-state index in [-0.39, 0.29) is 10.8 Å². The Labute approximate surface area is 91.4 Å². The second kappa shape index (κ2) is 3.93. The fourth-order valence-electron chi connectivity index (χ4n) is 1.15. The van der Waals surface area contributed by atoms with Crippen LogP contribution in [0.3, 0.4) is 0 Å². The highest BCUT2D eigenvalue weighted by atomic mass is 32.2. The Hall–Kier alpha value is -1.89. The Morgan fingerprint density at radius 3 is 2.81 bits per heavy atom. The molecule has 0 aliphatic heterocycles. The van der Waals surface area contributed by atoms with Crippen LogP contribution >= 0.6 is 0 Å². The van der Waals surface area contributed by atoms with Crippen molar-refractivity contribution >= 4 is 15.7 Å². The van der Waals surface area contributed by atoms with Crippen LogP contribution in [0.15, 0.2) is 41.8 Å². The van der Waals surface area contributed by atoms with Crippen molar-refractivity contribution in [2.75, 3.05) is 4.72 Å². The monoisotopic (exact) mass is 241 g/mol. The third-order valence-electron chi connectivity index (χ3n) is 1.80. The molecule has 2 rings (SSSR count). The van der Waals surface area contributed by atoms with E-state index in [9.17, 15) is 12.8 Å². The number of rotatable bonds is 3. The number of hydrogen-bond acceptors (Lipinski definition) is 3. The zero-order chi connectivity index (χ0) is 11.6. The van der Waals surface area contributed by atoms with Crippen LogP contribution in [0.2, 0.25) is 0 Å². The van der Waals surface area contributed by atoms with E-state index in [1.165, 1.54) is 30.6 Å². The molecule has 0 radical (unpaired) electrons. The molecule has 7 heteroatoms. The lowest BCUT2D eigenvalue weighted by atomic mass is 10.3. The van der Waals surface area contributed by atoms with Gasteiger partial charge in [-0.2, -0.15) is 8.42 Å². The van der Waals surface area contributed by atoms with E-state index in [4.69, 9.17) is 0 Å². The van der Waals surface area contributed by atoms with Crippen molar-refractivity contribution in [3.8, 4) is 0 Å². The van der Waals surface area contributed by atoms with E-state index >= 15 is 0 Å². The molecule has 1 heterocycles. The van der Waals surface area contributed by atoms with E-state index in [0.29, 0.717) is 0 Å². The molecule has 2 N–H and O–H groups in total. The van der Waals surface area contributed by atoms with Crippen LogP contribution in [-0.2, 0) is 10.0 Å². The molecule has 0 bridgehead atoms. The number of imidazole rings is 1. The number of sulfonamides is 1. The van der Waals surface area contributed by atoms with Gasteiger partial charge in [-0.25, -0.2) is 9.37 Å². The van der Waals surface area contributed by atoms with Gasteiger partial charge in [0, 0.05) is 12.4 Å². The lowest BCUT2D eigenvalue weighted by Gasteiger charge is -2.04. The highest BCUT2D eigenvalue weighted by Crippen LogP contribution is 2.13. The lowest BCUT2D eigenvalue weighted by Crippen LogP contribution is -2.14. The number of benzene rings is 1. The van der Waals surface area contributed by atoms with Crippen molar-refractivity contribution in [2.45, 2.75) is 5.16 Å². The highest BCUT2D eigenvalue weighted by Gasteiger charge is 2.16. The van der Waals surface area contributed by atoms with Crippen LogP contribution in [0, 0.1) is 5.82 Å². The second-order valence-electron chi connectivity index (χ2n) is 3.01. The first-order chi connectivity index (χ1) is 7.58. The minimum absolute atomic E-state index is 0.149. The molecule has 0 saturated heterocycles. The summed E-state index contributed by atoms with van der Waals surface area (Å²) in [6, 6.07) is 5.17. The fourth-order valence-corrected chi connectivity index (χ4v) is 2.11. The molecule has 0 aliphatic carbocycles. The summed E-state index contributed by atoms with van der Waals surface area (Å²) in [7, 11) is -3.77. The molecule has 5 nitrogen and oxygen atoms in total. The van der Waals surface area contributed by atoms with Gasteiger partial charge < -0.3 is 4.98 Å². The van der Waals surface area contributed by atoms with Gasteiger partial charge in [0.1, 0.15) is 5.82 Å². The average molecular weight is 241 g/mol. The van der Waals surface area contributed by atoms with Gasteiger partial charge in [-0.15, -0.1) is 0 Å². The zero-order valence-electron chi connectivity index (χ0n) is 8.01. The maximum Gasteiger partial charge on any atom is 0.295 e. The molecule has 0 unspecified atom stereocenters. The highest BCUT2D eigenvalue weighted by molar-refractivity contribution is 7.92. The van der Waals surface area contributed by atoms with Gasteiger partial charge in [0.25, 0.3) is 10.0 Å². The van der Waals surface area contributed by atoms with E-state index in [2.05, 4.69) is 14.7 Å². The second-order valence-corrected chi connectivity index (χ2v) is 4.61. The van der Waals surface area contributed by atoms with Gasteiger partial charge in [-0.3, -0.25) is 4.72 Å². The standard InChI is InChI=1S/C9H8FN3O2S/c10-7-2-1-3-8(6-7)13-16(14,15)9-11-4-5-12-9/h1-6,13H,(H,11,12). The number of aromatic amines is 1. The molecule has 1 aromatic carbocycles. The summed E-state index contributed by atoms with van der Waals surface area (Å²) >= 11 is 0. The van der Waals surface area contributed by atoms with Crippen LogP contribution in [0.1, 0.15) is 0 Å². The van der Waals surface area contributed by atoms with Gasteiger partial charge in [0.15, 0.2) is 0 Å². The van der Waals surface area contributed by atoms with Crippen molar-refractivity contribution in [3.05, 3.63) is 42.5 Å². The van der Waals surface area contributed by atoms with Crippen molar-refractivity contribution in [2.24, 2.45) is 0 Å². The predicted octanol–water partition coefficient (Wildman–Crippen LogP) is 1.35. The number of H-pyrrole nitrogens is 1. The number of anilines is 1. The summed E-state index contributed by atoms with van der Waals surface area (Å²) in [6.07, 6.45) is 2.71. The molecule has 0 aliphatic rings. The summed E-state index contributed by atoms with van der Waals surface area (Å²) in [5.74, 6) is -0.514. The summed E-state index contributed by atoms with van der Waals surface area (Å²) in [6.45, 7) is 0. The molecule has 0 amide bonds. The maximum absolute atomic E-state index is 12.8. The largest absolute Gasteiger partial charge is 0.334 e. The quantitative estimate of drug-likeness (QED) is 0.851. The van der Waals surface area contributed by atoms with Crippen LogP contribution in [0.5, 0.6) is 0 Å². The van der Waals surface area contributed by atoms with Crippen molar-refractivity contribution in [3.63, 3.8) is 0 Å². The molecule has 0 fully saturated rings. The minimum atomic E-state index is -3.77. The van der Waals surface area contributed by atoms with E-state index in [1.54, 1.807) is 0 Å². The van der Waals surface area contributed by atoms with Gasteiger partial charge in [-0.05, 0) is 18.2 Å². The smallest absolute Gasteiger partial charge is 0.295 e. The van der Waals surface area contributed by atoms with Crippen LogP contribution in [0.25, 0.3) is 0 Å². The van der Waals surface area contributed by atoms with E-state index < -0.39 is 15.8 Å². The zero-order valence-corrected chi connectivity index (χ0v) is 8.83. The Morgan fingerprint density at radius 1 is 1.38 bits per heavy atom. The van der Waals surface area contributed by atoms with Gasteiger partial charge in [0.05, 0.1) is 5.69 Å². The van der Waals surface area contributed by atoms with Crippen molar-refractivity contribution < 1.29 is 12.8 Å². The van der Waals surface area contributed by atoms with Crippen LogP contribution in [-0.4, -0.2) is 18.4 Å². The number of nitrogens with zero attached hydrogens (tertiary/aromatic N) is 1. The molecule has 0 saturated carbocycles. The Kier molecular flexibility index (Phi) is 2.61. The number of nitrogens with one attached hydrogen (secondary N) is 2. The third-order valence-corrected chi connectivity index (χ3v) is 3.04. The van der Waals surface area contributed by atoms with E-state index in [1.807, 2.05) is 0 Å². The molecule has 2 aromatic rings. The Bertz CT molecular complexity index is 581. The number of halogens is 1. The number of aromatic nitrogens is 2. The summed E-state index contributed by atoms with van der Waals surface area (Å²) in [5, 5.41) is -0.211. The molecular weight excluding hydrogens is 233 g/mol. The minimum Gasteiger partial charge on any atom is -0.334 e. The van der Waals surface area contributed by atoms with Gasteiger partial charge >= 0.3 is 0 Å². The maximum atomic E-state index is 12.8. The van der Waals surface area contributed by atoms with E-state index in [0.717, 1.165) is 6.07 Å². The molecule has 1 aromatic heterocycles. The first-order valence-electron chi connectivity index (χ1n) is 4.36. The lowest BCUT2D eigenvalue weighted by molar-refractivity contribution is 0.594. The predicted molar refractivity (Wildman–Crippen MR) is 55.8 cm³/mol. The normalized spacial score (nSPS) is 11.3. The SMILES string of the molecule is O=S(=O)(Nc1cccc(F)c1)c1ncc[nH]1. The van der Waals surface area contributed by atoms with Gasteiger partial charge in [-0.1, -0.05) is 6.07 Å². The molecule has 16 heavy (non-hydrogen) atoms.